The van der Waals surface area contributed by atoms with Gasteiger partial charge in [-0.1, -0.05) is 13.8 Å². The van der Waals surface area contributed by atoms with Crippen LogP contribution in [0.25, 0.3) is 0 Å². The number of carbonyl (C=O) groups is 1. The first-order valence-corrected chi connectivity index (χ1v) is 8.96. The molecule has 6 nitrogen and oxygen atoms in total. The van der Waals surface area contributed by atoms with Crippen molar-refractivity contribution in [3.05, 3.63) is 0 Å². The lowest BCUT2D eigenvalue weighted by Crippen LogP contribution is -2.61. The van der Waals surface area contributed by atoms with Crippen molar-refractivity contribution >= 4 is 6.09 Å². The van der Waals surface area contributed by atoms with Gasteiger partial charge < -0.3 is 25.6 Å². The van der Waals surface area contributed by atoms with Crippen molar-refractivity contribution in [3.63, 3.8) is 0 Å². The average Bonchev–Trinajstić information content (AvgIpc) is 2.34. The fraction of sp³-hybridized carbons (Fsp3) is 0.941. The Labute approximate surface area is 140 Å². The fourth-order valence-electron chi connectivity index (χ4n) is 3.01. The molecule has 2 fully saturated rings. The number of nitrogens with one attached hydrogen (secondary N) is 3. The number of rotatable bonds is 8. The molecule has 1 atom stereocenters. The molecule has 2 heterocycles. The predicted molar refractivity (Wildman–Crippen MR) is 92.7 cm³/mol. The number of hydrogen-bond acceptors (Lipinski definition) is 5. The van der Waals surface area contributed by atoms with Crippen LogP contribution in [0, 0.1) is 0 Å². The molecule has 0 bridgehead atoms. The van der Waals surface area contributed by atoms with E-state index < -0.39 is 5.60 Å². The molecule has 0 radical (unpaired) electrons. The van der Waals surface area contributed by atoms with E-state index in [0.717, 1.165) is 39.0 Å². The van der Waals surface area contributed by atoms with Crippen LogP contribution in [-0.2, 0) is 4.74 Å². The number of amides is 1. The molecule has 2 aliphatic heterocycles. The summed E-state index contributed by atoms with van der Waals surface area (Å²) in [5, 5.41) is 10.3. The van der Waals surface area contributed by atoms with Crippen molar-refractivity contribution in [2.45, 2.75) is 77.2 Å². The summed E-state index contributed by atoms with van der Waals surface area (Å²) in [5.41, 5.74) is -0.415. The van der Waals surface area contributed by atoms with E-state index in [1.807, 2.05) is 13.8 Å². The van der Waals surface area contributed by atoms with Crippen LogP contribution in [0.15, 0.2) is 0 Å². The van der Waals surface area contributed by atoms with E-state index in [2.05, 4.69) is 36.7 Å². The van der Waals surface area contributed by atoms with Gasteiger partial charge in [-0.15, -0.1) is 0 Å². The Morgan fingerprint density at radius 3 is 2.39 bits per heavy atom. The van der Waals surface area contributed by atoms with Gasteiger partial charge in [0.05, 0.1) is 0 Å². The first kappa shape index (κ1) is 18.5. The van der Waals surface area contributed by atoms with Gasteiger partial charge in [-0.2, -0.15) is 0 Å². The summed E-state index contributed by atoms with van der Waals surface area (Å²) in [5.74, 6) is 0. The van der Waals surface area contributed by atoms with Gasteiger partial charge in [-0.05, 0) is 33.6 Å². The third kappa shape index (κ3) is 5.94. The molecule has 3 N–H and O–H groups in total. The summed E-state index contributed by atoms with van der Waals surface area (Å²) in [6, 6.07) is 1.91. The lowest BCUT2D eigenvalue weighted by atomic mass is 9.98. The highest BCUT2D eigenvalue weighted by atomic mass is 16.6. The van der Waals surface area contributed by atoms with Crippen molar-refractivity contribution < 1.29 is 9.53 Å². The third-order valence-corrected chi connectivity index (χ3v) is 4.55. The van der Waals surface area contributed by atoms with Crippen molar-refractivity contribution in [2.24, 2.45) is 0 Å². The highest BCUT2D eigenvalue weighted by Gasteiger charge is 2.35. The maximum Gasteiger partial charge on any atom is 0.410 e. The minimum absolute atomic E-state index is 0.180. The Hall–Kier alpha value is -0.850. The second-order valence-electron chi connectivity index (χ2n) is 8.01. The number of hydrogen-bond donors (Lipinski definition) is 3. The molecule has 2 aliphatic rings. The molecule has 2 rings (SSSR count). The zero-order valence-electron chi connectivity index (χ0n) is 15.3. The minimum Gasteiger partial charge on any atom is -0.443 e. The molecule has 6 heteroatoms. The minimum atomic E-state index is -0.415. The maximum atomic E-state index is 12.2. The van der Waals surface area contributed by atoms with Gasteiger partial charge in [0.15, 0.2) is 0 Å². The summed E-state index contributed by atoms with van der Waals surface area (Å²) in [4.78, 5) is 14.0. The maximum absolute atomic E-state index is 12.2. The van der Waals surface area contributed by atoms with Gasteiger partial charge >= 0.3 is 6.09 Å². The van der Waals surface area contributed by atoms with E-state index in [4.69, 9.17) is 4.74 Å². The van der Waals surface area contributed by atoms with E-state index in [1.165, 1.54) is 0 Å². The van der Waals surface area contributed by atoms with Crippen LogP contribution in [0.4, 0.5) is 4.79 Å². The van der Waals surface area contributed by atoms with E-state index in [0.29, 0.717) is 24.2 Å². The van der Waals surface area contributed by atoms with Crippen molar-refractivity contribution in [2.75, 3.05) is 26.2 Å². The van der Waals surface area contributed by atoms with Gasteiger partial charge in [-0.3, -0.25) is 0 Å². The zero-order chi connectivity index (χ0) is 17.0. The van der Waals surface area contributed by atoms with Crippen molar-refractivity contribution in [1.82, 2.24) is 20.9 Å². The number of carbonyl (C=O) groups excluding carboxylic acids is 1. The van der Waals surface area contributed by atoms with E-state index >= 15 is 0 Å². The van der Waals surface area contributed by atoms with Crippen molar-refractivity contribution in [1.29, 1.82) is 0 Å². The Morgan fingerprint density at radius 1 is 1.22 bits per heavy atom. The van der Waals surface area contributed by atoms with Gasteiger partial charge in [0.1, 0.15) is 5.60 Å². The zero-order valence-corrected chi connectivity index (χ0v) is 15.3. The number of nitrogens with zero attached hydrogens (tertiary/aromatic N) is 1. The Bertz CT molecular complexity index is 390. The Kier molecular flexibility index (Phi) is 6.28. The normalized spacial score (nSPS) is 21.0. The van der Waals surface area contributed by atoms with Crippen LogP contribution in [-0.4, -0.2) is 66.9 Å². The second kappa shape index (κ2) is 7.81. The molecule has 1 amide bonds. The number of likely N-dealkylation sites (tertiary alicyclic amines) is 1. The largest absolute Gasteiger partial charge is 0.443 e. The smallest absolute Gasteiger partial charge is 0.410 e. The van der Waals surface area contributed by atoms with Gasteiger partial charge in [-0.25, -0.2) is 4.79 Å². The molecule has 2 saturated heterocycles. The number of ether oxygens (including phenoxy) is 1. The molecule has 0 aromatic heterocycles. The molecule has 0 aromatic carbocycles. The summed E-state index contributed by atoms with van der Waals surface area (Å²) in [6.07, 6.45) is 1.70. The van der Waals surface area contributed by atoms with E-state index in [9.17, 15) is 4.79 Å². The average molecular weight is 326 g/mol. The monoisotopic (exact) mass is 326 g/mol. The van der Waals surface area contributed by atoms with E-state index in [-0.39, 0.29) is 6.09 Å². The van der Waals surface area contributed by atoms with Gasteiger partial charge in [0.25, 0.3) is 0 Å². The first-order chi connectivity index (χ1) is 10.7. The van der Waals surface area contributed by atoms with Crippen LogP contribution >= 0.6 is 0 Å². The summed E-state index contributed by atoms with van der Waals surface area (Å²) >= 11 is 0. The highest BCUT2D eigenvalue weighted by molar-refractivity contribution is 5.69. The van der Waals surface area contributed by atoms with Crippen LogP contribution in [0.2, 0.25) is 0 Å². The Morgan fingerprint density at radius 2 is 1.87 bits per heavy atom. The fourth-order valence-corrected chi connectivity index (χ4v) is 3.01. The Balaban J connectivity index is 1.63. The SMILES string of the molecule is CC(C)NC1CN(C(=O)OC(C)(C)CCC(C)NC2CNC2)C1. The first-order valence-electron chi connectivity index (χ1n) is 8.96. The highest BCUT2D eigenvalue weighted by Crippen LogP contribution is 2.21. The van der Waals surface area contributed by atoms with Gasteiger partial charge in [0.2, 0.25) is 0 Å². The lowest BCUT2D eigenvalue weighted by Gasteiger charge is -2.41. The molecule has 134 valence electrons. The van der Waals surface area contributed by atoms with E-state index in [1.54, 1.807) is 4.90 Å². The second-order valence-corrected chi connectivity index (χ2v) is 8.01. The molecule has 0 saturated carbocycles. The third-order valence-electron chi connectivity index (χ3n) is 4.55. The topological polar surface area (TPSA) is 65.6 Å². The molecule has 1 unspecified atom stereocenters. The summed E-state index contributed by atoms with van der Waals surface area (Å²) in [6.45, 7) is 14.1. The molecular formula is C17H34N4O2. The van der Waals surface area contributed by atoms with Crippen molar-refractivity contribution in [3.8, 4) is 0 Å². The van der Waals surface area contributed by atoms with Crippen LogP contribution in [0.3, 0.4) is 0 Å². The molecule has 0 spiro atoms. The van der Waals surface area contributed by atoms with Crippen LogP contribution < -0.4 is 16.0 Å². The predicted octanol–water partition coefficient (Wildman–Crippen LogP) is 1.31. The standard InChI is InChI=1S/C17H34N4O2/c1-12(2)19-15-10-21(11-15)16(22)23-17(4,5)7-6-13(3)20-14-8-18-9-14/h12-15,18-20H,6-11H2,1-5H3. The van der Waals surface area contributed by atoms with Crippen LogP contribution in [0.1, 0.15) is 47.5 Å². The lowest BCUT2D eigenvalue weighted by molar-refractivity contribution is -0.0109. The summed E-state index contributed by atoms with van der Waals surface area (Å²) < 4.78 is 5.71. The quantitative estimate of drug-likeness (QED) is 0.628. The van der Waals surface area contributed by atoms with Gasteiger partial charge in [0, 0.05) is 50.3 Å². The molecular weight excluding hydrogens is 292 g/mol. The molecule has 0 aliphatic carbocycles. The summed E-state index contributed by atoms with van der Waals surface area (Å²) in [7, 11) is 0. The molecule has 23 heavy (non-hydrogen) atoms. The molecule has 0 aromatic rings. The van der Waals surface area contributed by atoms with Crippen LogP contribution in [0.5, 0.6) is 0 Å².